The Morgan fingerprint density at radius 3 is 2.62 bits per heavy atom. The predicted octanol–water partition coefficient (Wildman–Crippen LogP) is 2.96. The van der Waals surface area contributed by atoms with Crippen molar-refractivity contribution in [2.45, 2.75) is 50.5 Å². The van der Waals surface area contributed by atoms with E-state index in [1.807, 2.05) is 47.4 Å². The first-order valence-electron chi connectivity index (χ1n) is 10.9. The van der Waals surface area contributed by atoms with Crippen LogP contribution in [0.1, 0.15) is 44.1 Å². The van der Waals surface area contributed by atoms with E-state index in [1.165, 1.54) is 32.1 Å². The molecule has 1 amide bonds. The maximum Gasteiger partial charge on any atom is 0.220 e. The Balaban J connectivity index is 1.29. The highest BCUT2D eigenvalue weighted by Gasteiger charge is 2.38. The topological polar surface area (TPSA) is 59.4 Å². The molecule has 0 radical (unpaired) electrons. The van der Waals surface area contributed by atoms with E-state index < -0.39 is 0 Å². The quantitative estimate of drug-likeness (QED) is 0.782. The molecule has 2 fully saturated rings. The van der Waals surface area contributed by atoms with Gasteiger partial charge in [0, 0.05) is 37.8 Å². The second-order valence-electron chi connectivity index (χ2n) is 8.29. The molecule has 1 N–H and O–H groups in total. The van der Waals surface area contributed by atoms with Crippen molar-refractivity contribution in [1.82, 2.24) is 20.0 Å². The molecular formula is C23H32N4O2. The van der Waals surface area contributed by atoms with Gasteiger partial charge in [-0.05, 0) is 37.0 Å². The lowest BCUT2D eigenvalue weighted by atomic mass is 9.79. The highest BCUT2D eigenvalue weighted by Crippen LogP contribution is 2.33. The molecule has 2 aromatic rings. The molecule has 1 aromatic heterocycles. The van der Waals surface area contributed by atoms with Gasteiger partial charge in [0.05, 0.1) is 25.1 Å². The van der Waals surface area contributed by atoms with E-state index in [9.17, 15) is 4.79 Å². The fourth-order valence-electron chi connectivity index (χ4n) is 4.67. The third-order valence-corrected chi connectivity index (χ3v) is 6.38. The van der Waals surface area contributed by atoms with Gasteiger partial charge in [-0.2, -0.15) is 5.10 Å². The van der Waals surface area contributed by atoms with Gasteiger partial charge < -0.3 is 10.1 Å². The molecule has 0 atom stereocenters. The summed E-state index contributed by atoms with van der Waals surface area (Å²) >= 11 is 0. The van der Waals surface area contributed by atoms with Gasteiger partial charge in [0.2, 0.25) is 5.91 Å². The average molecular weight is 397 g/mol. The van der Waals surface area contributed by atoms with Crippen molar-refractivity contribution in [3.63, 3.8) is 0 Å². The molecular weight excluding hydrogens is 364 g/mol. The summed E-state index contributed by atoms with van der Waals surface area (Å²) in [5.74, 6) is 0.135. The Hall–Kier alpha value is -2.18. The van der Waals surface area contributed by atoms with E-state index in [0.717, 1.165) is 44.1 Å². The van der Waals surface area contributed by atoms with E-state index in [-0.39, 0.29) is 11.4 Å². The largest absolute Gasteiger partial charge is 0.379 e. The Labute approximate surface area is 173 Å². The van der Waals surface area contributed by atoms with Crippen molar-refractivity contribution in [3.05, 3.63) is 48.3 Å². The van der Waals surface area contributed by atoms with Crippen LogP contribution in [0.2, 0.25) is 0 Å². The predicted molar refractivity (Wildman–Crippen MR) is 113 cm³/mol. The van der Waals surface area contributed by atoms with E-state index in [2.05, 4.69) is 15.3 Å². The molecule has 1 saturated carbocycles. The van der Waals surface area contributed by atoms with Gasteiger partial charge in [0.1, 0.15) is 0 Å². The number of nitrogens with one attached hydrogen (secondary N) is 1. The molecule has 1 saturated heterocycles. The maximum atomic E-state index is 12.6. The van der Waals surface area contributed by atoms with Gasteiger partial charge in [0.25, 0.3) is 0 Å². The van der Waals surface area contributed by atoms with Crippen LogP contribution < -0.4 is 5.32 Å². The van der Waals surface area contributed by atoms with Crippen LogP contribution in [0.15, 0.2) is 42.7 Å². The van der Waals surface area contributed by atoms with Gasteiger partial charge in [-0.1, -0.05) is 37.5 Å². The van der Waals surface area contributed by atoms with Crippen molar-refractivity contribution in [2.75, 3.05) is 32.8 Å². The number of hydrogen-bond acceptors (Lipinski definition) is 4. The number of carbonyl (C=O) groups is 1. The number of amides is 1. The highest BCUT2D eigenvalue weighted by molar-refractivity contribution is 5.76. The van der Waals surface area contributed by atoms with Crippen molar-refractivity contribution in [2.24, 2.45) is 0 Å². The lowest BCUT2D eigenvalue weighted by Gasteiger charge is -2.48. The summed E-state index contributed by atoms with van der Waals surface area (Å²) in [6.45, 7) is 4.33. The smallest absolute Gasteiger partial charge is 0.220 e. The van der Waals surface area contributed by atoms with Crippen LogP contribution in [0, 0.1) is 0 Å². The van der Waals surface area contributed by atoms with Crippen molar-refractivity contribution >= 4 is 5.91 Å². The van der Waals surface area contributed by atoms with E-state index >= 15 is 0 Å². The van der Waals surface area contributed by atoms with Gasteiger partial charge >= 0.3 is 0 Å². The number of rotatable bonds is 7. The van der Waals surface area contributed by atoms with E-state index in [0.29, 0.717) is 12.8 Å². The zero-order valence-electron chi connectivity index (χ0n) is 17.2. The van der Waals surface area contributed by atoms with Crippen LogP contribution in [0.3, 0.4) is 0 Å². The molecule has 6 heteroatoms. The first-order chi connectivity index (χ1) is 14.3. The van der Waals surface area contributed by atoms with Crippen molar-refractivity contribution in [3.8, 4) is 5.69 Å². The highest BCUT2D eigenvalue weighted by atomic mass is 16.5. The average Bonchev–Trinajstić information content (AvgIpc) is 3.27. The number of aryl methyl sites for hydroxylation is 1. The van der Waals surface area contributed by atoms with Gasteiger partial charge in [0.15, 0.2) is 0 Å². The number of morpholine rings is 1. The van der Waals surface area contributed by atoms with E-state index in [4.69, 9.17) is 4.74 Å². The summed E-state index contributed by atoms with van der Waals surface area (Å²) in [7, 11) is 0. The Bertz CT molecular complexity index is 777. The molecule has 29 heavy (non-hydrogen) atoms. The molecule has 1 aliphatic carbocycles. The number of nitrogens with zero attached hydrogens (tertiary/aromatic N) is 3. The minimum absolute atomic E-state index is 0.121. The fraction of sp³-hybridized carbons (Fsp3) is 0.565. The molecule has 0 bridgehead atoms. The van der Waals surface area contributed by atoms with Gasteiger partial charge in [-0.15, -0.1) is 0 Å². The Kier molecular flexibility index (Phi) is 6.62. The molecule has 2 heterocycles. The lowest BCUT2D eigenvalue weighted by molar-refractivity contribution is -0.122. The lowest BCUT2D eigenvalue weighted by Crippen LogP contribution is -2.59. The minimum atomic E-state index is 0.121. The maximum absolute atomic E-state index is 12.6. The molecule has 4 rings (SSSR count). The van der Waals surface area contributed by atoms with Crippen LogP contribution in [-0.2, 0) is 16.0 Å². The molecule has 1 aromatic carbocycles. The number of aromatic nitrogens is 2. The van der Waals surface area contributed by atoms with Crippen LogP contribution in [-0.4, -0.2) is 59.0 Å². The van der Waals surface area contributed by atoms with Crippen LogP contribution in [0.5, 0.6) is 0 Å². The number of ether oxygens (including phenoxy) is 1. The third-order valence-electron chi connectivity index (χ3n) is 6.38. The molecule has 0 unspecified atom stereocenters. The normalized spacial score (nSPS) is 19.7. The minimum Gasteiger partial charge on any atom is -0.379 e. The number of benzene rings is 1. The Morgan fingerprint density at radius 1 is 1.10 bits per heavy atom. The molecule has 6 nitrogen and oxygen atoms in total. The SMILES string of the molecule is O=C(CCc1cnn(-c2ccccc2)c1)NCC1(N2CCOCC2)CCCCC1. The standard InChI is InChI=1S/C23H32N4O2/c28-22(10-9-20-17-25-27(18-20)21-7-3-1-4-8-21)24-19-23(11-5-2-6-12-23)26-13-15-29-16-14-26/h1,3-4,7-8,17-18H,2,5-6,9-16,19H2,(H,24,28). The number of hydrogen-bond donors (Lipinski definition) is 1. The second-order valence-corrected chi connectivity index (χ2v) is 8.29. The van der Waals surface area contributed by atoms with Crippen molar-refractivity contribution < 1.29 is 9.53 Å². The van der Waals surface area contributed by atoms with Crippen molar-refractivity contribution in [1.29, 1.82) is 0 Å². The molecule has 1 aliphatic heterocycles. The van der Waals surface area contributed by atoms with Crippen LogP contribution >= 0.6 is 0 Å². The van der Waals surface area contributed by atoms with Gasteiger partial charge in [-0.25, -0.2) is 4.68 Å². The zero-order chi connectivity index (χ0) is 19.9. The molecule has 0 spiro atoms. The fourth-order valence-corrected chi connectivity index (χ4v) is 4.67. The zero-order valence-corrected chi connectivity index (χ0v) is 17.2. The summed E-state index contributed by atoms with van der Waals surface area (Å²) in [6, 6.07) is 10.0. The first kappa shape index (κ1) is 20.1. The summed E-state index contributed by atoms with van der Waals surface area (Å²) < 4.78 is 7.41. The summed E-state index contributed by atoms with van der Waals surface area (Å²) in [4.78, 5) is 15.1. The Morgan fingerprint density at radius 2 is 1.86 bits per heavy atom. The second kappa shape index (κ2) is 9.55. The molecule has 2 aliphatic rings. The number of carbonyl (C=O) groups excluding carboxylic acids is 1. The number of para-hydroxylation sites is 1. The van der Waals surface area contributed by atoms with Gasteiger partial charge in [-0.3, -0.25) is 9.69 Å². The first-order valence-corrected chi connectivity index (χ1v) is 10.9. The van der Waals surface area contributed by atoms with Crippen LogP contribution in [0.4, 0.5) is 0 Å². The van der Waals surface area contributed by atoms with E-state index in [1.54, 1.807) is 0 Å². The summed E-state index contributed by atoms with van der Waals surface area (Å²) in [5, 5.41) is 7.67. The summed E-state index contributed by atoms with van der Waals surface area (Å²) in [5.41, 5.74) is 2.24. The monoisotopic (exact) mass is 396 g/mol. The third kappa shape index (κ3) is 5.06. The summed E-state index contributed by atoms with van der Waals surface area (Å²) in [6.07, 6.45) is 11.3. The molecule has 156 valence electrons. The van der Waals surface area contributed by atoms with Crippen LogP contribution in [0.25, 0.3) is 5.69 Å².